The van der Waals surface area contributed by atoms with Crippen LogP contribution in [0.25, 0.3) is 0 Å². The first-order valence-electron chi connectivity index (χ1n) is 7.35. The number of likely N-dealkylation sites (N-methyl/N-ethyl adjacent to an activating group) is 1. The Bertz CT molecular complexity index is 613. The molecule has 0 aliphatic carbocycles. The fourth-order valence-electron chi connectivity index (χ4n) is 2.37. The minimum absolute atomic E-state index is 0.0493. The number of benzene rings is 1. The van der Waals surface area contributed by atoms with Crippen molar-refractivity contribution in [2.45, 2.75) is 20.3 Å². The lowest BCUT2D eigenvalue weighted by Crippen LogP contribution is -3.12. The highest BCUT2D eigenvalue weighted by atomic mass is 16.6. The predicted molar refractivity (Wildman–Crippen MR) is 82.4 cm³/mol. The number of carbonyl (C=O) groups excluding carboxylic acids is 1. The molecular weight excluding hydrogens is 284 g/mol. The molecule has 0 spiro atoms. The average Bonchev–Trinajstić information content (AvgIpc) is 2.53. The molecule has 7 heteroatoms. The molecular formula is C15H21N4O3+. The van der Waals surface area contributed by atoms with Crippen molar-refractivity contribution in [3.8, 4) is 0 Å². The highest BCUT2D eigenvalue weighted by Crippen LogP contribution is 2.19. The van der Waals surface area contributed by atoms with Crippen molar-refractivity contribution >= 4 is 11.6 Å². The lowest BCUT2D eigenvalue weighted by molar-refractivity contribution is -0.893. The smallest absolute Gasteiger partial charge is 0.273 e. The van der Waals surface area contributed by atoms with Crippen LogP contribution in [0, 0.1) is 17.0 Å². The average molecular weight is 305 g/mol. The normalized spacial score (nSPS) is 17.5. The number of nitro groups is 1. The summed E-state index contributed by atoms with van der Waals surface area (Å²) in [5, 5.41) is 10.9. The van der Waals surface area contributed by atoms with Gasteiger partial charge in [0.25, 0.3) is 11.6 Å². The maximum Gasteiger partial charge on any atom is 0.273 e. The Labute approximate surface area is 129 Å². The van der Waals surface area contributed by atoms with E-state index in [9.17, 15) is 14.9 Å². The summed E-state index contributed by atoms with van der Waals surface area (Å²) in [5.74, 6) is -0.380. The lowest BCUT2D eigenvalue weighted by atomic mass is 10.1. The van der Waals surface area contributed by atoms with E-state index in [1.165, 1.54) is 11.0 Å². The monoisotopic (exact) mass is 305 g/mol. The summed E-state index contributed by atoms with van der Waals surface area (Å²) in [6.07, 6.45) is 2.94. The second kappa shape index (κ2) is 7.04. The molecule has 3 N–H and O–H groups in total. The van der Waals surface area contributed by atoms with E-state index in [0.717, 1.165) is 31.8 Å². The van der Waals surface area contributed by atoms with Gasteiger partial charge in [-0.1, -0.05) is 6.07 Å². The molecule has 2 rings (SSSR count). The van der Waals surface area contributed by atoms with E-state index >= 15 is 0 Å². The van der Waals surface area contributed by atoms with Gasteiger partial charge in [-0.15, -0.1) is 0 Å². The first-order valence-corrected chi connectivity index (χ1v) is 7.35. The summed E-state index contributed by atoms with van der Waals surface area (Å²) < 4.78 is 0. The van der Waals surface area contributed by atoms with Crippen LogP contribution < -0.4 is 15.8 Å². The molecule has 22 heavy (non-hydrogen) atoms. The van der Waals surface area contributed by atoms with Crippen molar-refractivity contribution in [1.82, 2.24) is 10.9 Å². The first-order chi connectivity index (χ1) is 10.5. The van der Waals surface area contributed by atoms with E-state index in [2.05, 4.69) is 23.9 Å². The zero-order valence-corrected chi connectivity index (χ0v) is 12.8. The Kier molecular flexibility index (Phi) is 5.11. The van der Waals surface area contributed by atoms with Gasteiger partial charge in [0.1, 0.15) is 0 Å². The minimum Gasteiger partial charge on any atom is -0.332 e. The minimum atomic E-state index is -0.481. The van der Waals surface area contributed by atoms with Gasteiger partial charge in [-0.2, -0.15) is 0 Å². The quantitative estimate of drug-likeness (QED) is 0.540. The van der Waals surface area contributed by atoms with Crippen LogP contribution in [-0.2, 0) is 0 Å². The molecule has 0 aromatic heterocycles. The Balaban J connectivity index is 1.97. The third-order valence-corrected chi connectivity index (χ3v) is 3.89. The molecule has 1 atom stereocenters. The Morgan fingerprint density at radius 1 is 1.45 bits per heavy atom. The van der Waals surface area contributed by atoms with E-state index in [1.807, 2.05) is 0 Å². The zero-order chi connectivity index (χ0) is 16.1. The first kappa shape index (κ1) is 16.0. The molecule has 0 fully saturated rings. The van der Waals surface area contributed by atoms with Gasteiger partial charge in [0.15, 0.2) is 0 Å². The number of rotatable bonds is 5. The molecule has 1 heterocycles. The van der Waals surface area contributed by atoms with Gasteiger partial charge in [-0.25, -0.2) is 0 Å². The van der Waals surface area contributed by atoms with Gasteiger partial charge in [-0.3, -0.25) is 20.3 Å². The number of quaternary nitrogens is 1. The van der Waals surface area contributed by atoms with Crippen LogP contribution in [0.4, 0.5) is 5.69 Å². The summed E-state index contributed by atoms with van der Waals surface area (Å²) in [6.45, 7) is 6.84. The summed E-state index contributed by atoms with van der Waals surface area (Å²) >= 11 is 0. The standard InChI is InChI=1S/C15H20N4O3/c1-3-18-8-6-13(7-9-18)16-17-15(20)12-5-4-11(2)14(10-12)19(21)22/h4-6,10,16H,3,7-9H2,1-2H3,(H,17,20)/p+1. The molecule has 1 aliphatic rings. The molecule has 7 nitrogen and oxygen atoms in total. The molecule has 0 saturated carbocycles. The Hall–Kier alpha value is -2.41. The molecule has 1 unspecified atom stereocenters. The predicted octanol–water partition coefficient (Wildman–Crippen LogP) is 0.330. The van der Waals surface area contributed by atoms with E-state index in [-0.39, 0.29) is 17.2 Å². The van der Waals surface area contributed by atoms with Gasteiger partial charge in [0, 0.05) is 29.3 Å². The van der Waals surface area contributed by atoms with Crippen LogP contribution in [0.3, 0.4) is 0 Å². The lowest BCUT2D eigenvalue weighted by Gasteiger charge is -2.22. The largest absolute Gasteiger partial charge is 0.332 e. The van der Waals surface area contributed by atoms with Crippen LogP contribution >= 0.6 is 0 Å². The number of carbonyl (C=O) groups is 1. The number of hydrazine groups is 1. The van der Waals surface area contributed by atoms with Gasteiger partial charge < -0.3 is 10.3 Å². The molecule has 118 valence electrons. The van der Waals surface area contributed by atoms with Crippen LogP contribution in [0.15, 0.2) is 30.0 Å². The molecule has 1 aliphatic heterocycles. The van der Waals surface area contributed by atoms with Crippen molar-refractivity contribution in [2.24, 2.45) is 0 Å². The van der Waals surface area contributed by atoms with E-state index in [4.69, 9.17) is 0 Å². The van der Waals surface area contributed by atoms with Crippen molar-refractivity contribution < 1.29 is 14.6 Å². The van der Waals surface area contributed by atoms with Crippen molar-refractivity contribution in [3.63, 3.8) is 0 Å². The molecule has 0 radical (unpaired) electrons. The van der Waals surface area contributed by atoms with Gasteiger partial charge in [0.2, 0.25) is 0 Å². The van der Waals surface area contributed by atoms with Crippen molar-refractivity contribution in [1.29, 1.82) is 0 Å². The van der Waals surface area contributed by atoms with E-state index in [0.29, 0.717) is 5.56 Å². The van der Waals surface area contributed by atoms with Crippen LogP contribution in [-0.4, -0.2) is 30.5 Å². The fourth-order valence-corrected chi connectivity index (χ4v) is 2.37. The molecule has 1 aromatic rings. The topological polar surface area (TPSA) is 88.7 Å². The Morgan fingerprint density at radius 3 is 2.82 bits per heavy atom. The third kappa shape index (κ3) is 3.82. The van der Waals surface area contributed by atoms with Gasteiger partial charge in [-0.05, 0) is 26.0 Å². The molecule has 0 bridgehead atoms. The summed E-state index contributed by atoms with van der Waals surface area (Å²) in [6, 6.07) is 4.46. The molecule has 1 amide bonds. The van der Waals surface area contributed by atoms with Gasteiger partial charge >= 0.3 is 0 Å². The number of aryl methyl sites for hydroxylation is 1. The van der Waals surface area contributed by atoms with Gasteiger partial charge in [0.05, 0.1) is 24.6 Å². The third-order valence-electron chi connectivity index (χ3n) is 3.89. The number of amides is 1. The maximum atomic E-state index is 12.1. The fraction of sp³-hybridized carbons (Fsp3) is 0.400. The van der Waals surface area contributed by atoms with Crippen molar-refractivity contribution in [2.75, 3.05) is 19.6 Å². The second-order valence-corrected chi connectivity index (χ2v) is 5.37. The number of nitro benzene ring substituents is 1. The van der Waals surface area contributed by atoms with E-state index in [1.54, 1.807) is 19.1 Å². The second-order valence-electron chi connectivity index (χ2n) is 5.37. The van der Waals surface area contributed by atoms with E-state index < -0.39 is 4.92 Å². The summed E-state index contributed by atoms with van der Waals surface area (Å²) in [7, 11) is 0. The Morgan fingerprint density at radius 2 is 2.23 bits per heavy atom. The number of nitrogens with zero attached hydrogens (tertiary/aromatic N) is 1. The summed E-state index contributed by atoms with van der Waals surface area (Å²) in [5.41, 5.74) is 7.23. The highest BCUT2D eigenvalue weighted by molar-refractivity contribution is 5.94. The highest BCUT2D eigenvalue weighted by Gasteiger charge is 2.16. The van der Waals surface area contributed by atoms with Crippen LogP contribution in [0.5, 0.6) is 0 Å². The van der Waals surface area contributed by atoms with Crippen LogP contribution in [0.1, 0.15) is 29.3 Å². The van der Waals surface area contributed by atoms with Crippen LogP contribution in [0.2, 0.25) is 0 Å². The molecule has 1 aromatic carbocycles. The molecule has 0 saturated heterocycles. The number of hydrogen-bond donors (Lipinski definition) is 3. The number of hydrogen-bond acceptors (Lipinski definition) is 4. The zero-order valence-electron chi connectivity index (χ0n) is 12.8. The number of nitrogens with one attached hydrogen (secondary N) is 3. The van der Waals surface area contributed by atoms with Crippen molar-refractivity contribution in [3.05, 3.63) is 51.2 Å². The SMILES string of the molecule is CC[NH+]1CC=C(NNC(=O)c2ccc(C)c([N+](=O)[O-])c2)CC1. The summed E-state index contributed by atoms with van der Waals surface area (Å²) in [4.78, 5) is 24.0. The maximum absolute atomic E-state index is 12.1.